The average Bonchev–Trinajstić information content (AvgIpc) is 3.15. The van der Waals surface area contributed by atoms with Gasteiger partial charge in [0.05, 0.1) is 19.2 Å². The van der Waals surface area contributed by atoms with Crippen molar-refractivity contribution in [3.05, 3.63) is 0 Å². The van der Waals surface area contributed by atoms with Gasteiger partial charge in [0, 0.05) is 12.8 Å². The normalized spacial score (nSPS) is 26.5. The molecule has 2 saturated heterocycles. The molecule has 0 aromatic rings. The van der Waals surface area contributed by atoms with Crippen molar-refractivity contribution in [2.24, 2.45) is 0 Å². The molecule has 176 valence electrons. The molecule has 2 N–H and O–H groups in total. The van der Waals surface area contributed by atoms with Crippen LogP contribution in [-0.2, 0) is 23.8 Å². The second-order valence-electron chi connectivity index (χ2n) is 9.82. The maximum absolute atomic E-state index is 12.7. The molecular formula is C20H32N2O9. The van der Waals surface area contributed by atoms with Gasteiger partial charge in [-0.15, -0.1) is 0 Å². The Kier molecular flexibility index (Phi) is 7.09. The van der Waals surface area contributed by atoms with Crippen molar-refractivity contribution >= 4 is 24.1 Å². The largest absolute Gasteiger partial charge is 0.480 e. The van der Waals surface area contributed by atoms with Crippen LogP contribution in [0.5, 0.6) is 0 Å². The molecule has 0 unspecified atom stereocenters. The third-order valence-electron chi connectivity index (χ3n) is 4.64. The number of nitrogens with zero attached hydrogens (tertiary/aromatic N) is 2. The summed E-state index contributed by atoms with van der Waals surface area (Å²) < 4.78 is 16.0. The lowest BCUT2D eigenvalue weighted by atomic mass is 10.2. The fraction of sp³-hybridized carbons (Fsp3) is 0.800. The Morgan fingerprint density at radius 1 is 0.806 bits per heavy atom. The number of amides is 2. The zero-order valence-corrected chi connectivity index (χ0v) is 18.8. The Bertz CT molecular complexity index is 725. The summed E-state index contributed by atoms with van der Waals surface area (Å²) in [6.45, 7) is 9.78. The Hall–Kier alpha value is -2.56. The second-order valence-corrected chi connectivity index (χ2v) is 9.82. The summed E-state index contributed by atoms with van der Waals surface area (Å²) in [5.74, 6) is -2.03. The molecule has 4 atom stereocenters. The monoisotopic (exact) mass is 444 g/mol. The van der Waals surface area contributed by atoms with E-state index in [4.69, 9.17) is 14.2 Å². The van der Waals surface area contributed by atoms with Gasteiger partial charge < -0.3 is 24.4 Å². The number of esters is 1. The summed E-state index contributed by atoms with van der Waals surface area (Å²) in [6.07, 6.45) is -3.51. The van der Waals surface area contributed by atoms with Crippen LogP contribution < -0.4 is 0 Å². The zero-order valence-electron chi connectivity index (χ0n) is 18.8. The Morgan fingerprint density at radius 3 is 1.74 bits per heavy atom. The molecule has 0 aromatic carbocycles. The smallest absolute Gasteiger partial charge is 0.411 e. The van der Waals surface area contributed by atoms with Gasteiger partial charge in [-0.05, 0) is 41.5 Å². The van der Waals surface area contributed by atoms with Crippen molar-refractivity contribution in [1.82, 2.24) is 9.80 Å². The molecule has 0 aromatic heterocycles. The summed E-state index contributed by atoms with van der Waals surface area (Å²) in [5, 5.41) is 19.4. The number of hydrogen-bond donors (Lipinski definition) is 2. The first-order chi connectivity index (χ1) is 14.1. The first-order valence-corrected chi connectivity index (χ1v) is 10.2. The number of β-amino-alcohol motifs (C(OH)–C–C–N with tert-alkyl or cyclic N) is 1. The first-order valence-electron chi connectivity index (χ1n) is 10.2. The highest BCUT2D eigenvalue weighted by Crippen LogP contribution is 2.27. The molecule has 0 spiro atoms. The van der Waals surface area contributed by atoms with Crippen molar-refractivity contribution in [3.8, 4) is 0 Å². The summed E-state index contributed by atoms with van der Waals surface area (Å²) >= 11 is 0. The number of carbonyl (C=O) groups excluding carboxylic acids is 3. The lowest BCUT2D eigenvalue weighted by Gasteiger charge is -2.28. The highest BCUT2D eigenvalue weighted by Gasteiger charge is 2.46. The minimum absolute atomic E-state index is 0.0249. The molecule has 0 saturated carbocycles. The third-order valence-corrected chi connectivity index (χ3v) is 4.64. The Labute approximate surface area is 181 Å². The van der Waals surface area contributed by atoms with Crippen molar-refractivity contribution in [2.45, 2.75) is 89.9 Å². The van der Waals surface area contributed by atoms with Gasteiger partial charge in [-0.25, -0.2) is 19.2 Å². The van der Waals surface area contributed by atoms with E-state index in [2.05, 4.69) is 0 Å². The number of aliphatic hydroxyl groups is 1. The fourth-order valence-corrected chi connectivity index (χ4v) is 3.44. The van der Waals surface area contributed by atoms with E-state index in [1.165, 1.54) is 0 Å². The second kappa shape index (κ2) is 8.89. The minimum atomic E-state index is -1.24. The minimum Gasteiger partial charge on any atom is -0.480 e. The lowest BCUT2D eigenvalue weighted by Crippen LogP contribution is -2.45. The number of carboxylic acid groups (broad SMARTS) is 1. The quantitative estimate of drug-likeness (QED) is 0.487. The Balaban J connectivity index is 2.07. The Morgan fingerprint density at radius 2 is 1.29 bits per heavy atom. The molecule has 0 bridgehead atoms. The van der Waals surface area contributed by atoms with Crippen molar-refractivity contribution < 1.29 is 43.6 Å². The number of rotatable bonds is 3. The summed E-state index contributed by atoms with van der Waals surface area (Å²) in [5.41, 5.74) is -1.60. The maximum Gasteiger partial charge on any atom is 0.411 e. The van der Waals surface area contributed by atoms with Gasteiger partial charge in [-0.3, -0.25) is 9.80 Å². The fourth-order valence-electron chi connectivity index (χ4n) is 3.44. The highest BCUT2D eigenvalue weighted by atomic mass is 16.6. The molecule has 2 rings (SSSR count). The lowest BCUT2D eigenvalue weighted by molar-refractivity contribution is -0.154. The number of carbonyl (C=O) groups is 4. The highest BCUT2D eigenvalue weighted by molar-refractivity contribution is 5.83. The molecule has 2 aliphatic rings. The van der Waals surface area contributed by atoms with Crippen molar-refractivity contribution in [1.29, 1.82) is 0 Å². The van der Waals surface area contributed by atoms with Crippen LogP contribution in [0.4, 0.5) is 9.59 Å². The van der Waals surface area contributed by atoms with Crippen LogP contribution in [0.15, 0.2) is 0 Å². The molecule has 0 radical (unpaired) electrons. The van der Waals surface area contributed by atoms with Crippen molar-refractivity contribution in [3.63, 3.8) is 0 Å². The predicted octanol–water partition coefficient (Wildman–Crippen LogP) is 1.36. The van der Waals surface area contributed by atoms with Crippen LogP contribution in [0, 0.1) is 0 Å². The van der Waals surface area contributed by atoms with Gasteiger partial charge in [-0.1, -0.05) is 0 Å². The number of hydrogen-bond acceptors (Lipinski definition) is 8. The first kappa shape index (κ1) is 24.7. The number of aliphatic hydroxyl groups excluding tert-OH is 1. The van der Waals surface area contributed by atoms with Crippen LogP contribution in [-0.4, -0.2) is 92.7 Å². The maximum atomic E-state index is 12.7. The van der Waals surface area contributed by atoms with Gasteiger partial charge in [0.1, 0.15) is 29.4 Å². The van der Waals surface area contributed by atoms with E-state index in [0.29, 0.717) is 0 Å². The van der Waals surface area contributed by atoms with E-state index in [1.807, 2.05) is 0 Å². The molecule has 0 aliphatic carbocycles. The van der Waals surface area contributed by atoms with Crippen LogP contribution in [0.25, 0.3) is 0 Å². The van der Waals surface area contributed by atoms with Gasteiger partial charge in [0.2, 0.25) is 0 Å². The number of likely N-dealkylation sites (tertiary alicyclic amines) is 2. The van der Waals surface area contributed by atoms with Crippen LogP contribution in [0.1, 0.15) is 54.4 Å². The number of aliphatic carboxylic acids is 1. The van der Waals surface area contributed by atoms with Gasteiger partial charge in [-0.2, -0.15) is 0 Å². The molecule has 11 heteroatoms. The van der Waals surface area contributed by atoms with E-state index >= 15 is 0 Å². The average molecular weight is 444 g/mol. The van der Waals surface area contributed by atoms with Gasteiger partial charge in [0.25, 0.3) is 0 Å². The molecule has 2 amide bonds. The zero-order chi connectivity index (χ0) is 23.7. The van der Waals surface area contributed by atoms with Crippen LogP contribution in [0.2, 0.25) is 0 Å². The van der Waals surface area contributed by atoms with Crippen LogP contribution in [0.3, 0.4) is 0 Å². The molecule has 2 aliphatic heterocycles. The SMILES string of the molecule is CC(C)(C)OC(=O)N1C[C@H](OC(=O)[C@H]2C[C@@H](O)CN2C(=O)OC(C)(C)C)C[C@@H]1C(=O)O. The van der Waals surface area contributed by atoms with E-state index in [1.54, 1.807) is 41.5 Å². The molecule has 11 nitrogen and oxygen atoms in total. The molecule has 2 fully saturated rings. The topological polar surface area (TPSA) is 143 Å². The van der Waals surface area contributed by atoms with E-state index < -0.39 is 59.6 Å². The van der Waals surface area contributed by atoms with E-state index in [0.717, 1.165) is 9.80 Å². The van der Waals surface area contributed by atoms with Gasteiger partial charge in [0.15, 0.2) is 0 Å². The third kappa shape index (κ3) is 6.71. The molecule has 2 heterocycles. The van der Waals surface area contributed by atoms with E-state index in [-0.39, 0.29) is 25.9 Å². The van der Waals surface area contributed by atoms with Crippen LogP contribution >= 0.6 is 0 Å². The predicted molar refractivity (Wildman–Crippen MR) is 106 cm³/mol. The standard InChI is InChI=1S/C20H32N2O9/c1-19(2,3)30-17(27)21-9-11(23)7-14(21)16(26)29-12-8-13(15(24)25)22(10-12)18(28)31-20(4,5)6/h11-14,23H,7-10H2,1-6H3,(H,24,25)/t11-,12-,13-,14-/m1/s1. The van der Waals surface area contributed by atoms with Crippen molar-refractivity contribution in [2.75, 3.05) is 13.1 Å². The number of ether oxygens (including phenoxy) is 3. The van der Waals surface area contributed by atoms with E-state index in [9.17, 15) is 29.4 Å². The summed E-state index contributed by atoms with van der Waals surface area (Å²) in [7, 11) is 0. The molecular weight excluding hydrogens is 412 g/mol. The number of carboxylic acids is 1. The summed E-state index contributed by atoms with van der Waals surface area (Å²) in [4.78, 5) is 51.2. The summed E-state index contributed by atoms with van der Waals surface area (Å²) in [6, 6.07) is -2.27. The molecule has 31 heavy (non-hydrogen) atoms. The van der Waals surface area contributed by atoms with Gasteiger partial charge >= 0.3 is 24.1 Å².